The van der Waals surface area contributed by atoms with E-state index in [1.165, 1.54) is 0 Å². The normalized spacial score (nSPS) is 25.0. The highest BCUT2D eigenvalue weighted by Gasteiger charge is 2.42. The van der Waals surface area contributed by atoms with Crippen LogP contribution < -0.4 is 5.32 Å². The maximum Gasteiger partial charge on any atom is 0.391 e. The van der Waals surface area contributed by atoms with E-state index in [0.29, 0.717) is 0 Å². The number of carbonyl (C=O) groups excluding carboxylic acids is 1. The van der Waals surface area contributed by atoms with Crippen molar-refractivity contribution in [2.24, 2.45) is 11.8 Å². The molecule has 0 bridgehead atoms. The monoisotopic (exact) mass is 297 g/mol. The van der Waals surface area contributed by atoms with E-state index < -0.39 is 42.5 Å². The average molecular weight is 297 g/mol. The molecule has 5 nitrogen and oxygen atoms in total. The molecule has 0 aliphatic heterocycles. The lowest BCUT2D eigenvalue weighted by atomic mass is 9.81. The van der Waals surface area contributed by atoms with Crippen molar-refractivity contribution in [3.05, 3.63) is 0 Å². The molecule has 0 saturated heterocycles. The minimum atomic E-state index is -4.23. The molecule has 116 valence electrons. The number of aliphatic carboxylic acids is 1. The first-order valence-corrected chi connectivity index (χ1v) is 6.46. The summed E-state index contributed by atoms with van der Waals surface area (Å²) in [7, 11) is 0. The van der Waals surface area contributed by atoms with Crippen molar-refractivity contribution < 1.29 is 33.0 Å². The predicted molar refractivity (Wildman–Crippen MR) is 62.8 cm³/mol. The lowest BCUT2D eigenvalue weighted by Crippen LogP contribution is -2.45. The fourth-order valence-corrected chi connectivity index (χ4v) is 2.36. The minimum Gasteiger partial charge on any atom is -0.480 e. The Morgan fingerprint density at radius 2 is 1.75 bits per heavy atom. The zero-order valence-electron chi connectivity index (χ0n) is 10.8. The number of rotatable bonds is 5. The molecule has 1 saturated carbocycles. The Kier molecular flexibility index (Phi) is 5.79. The number of amides is 1. The van der Waals surface area contributed by atoms with Crippen LogP contribution in [0.2, 0.25) is 0 Å². The maximum atomic E-state index is 12.5. The summed E-state index contributed by atoms with van der Waals surface area (Å²) >= 11 is 0. The fourth-order valence-electron chi connectivity index (χ4n) is 2.36. The van der Waals surface area contributed by atoms with Gasteiger partial charge in [-0.15, -0.1) is 0 Å². The first-order valence-electron chi connectivity index (χ1n) is 6.46. The summed E-state index contributed by atoms with van der Waals surface area (Å²) in [6, 6.07) is -1.20. The molecular formula is C12H18F3NO4. The second-order valence-corrected chi connectivity index (χ2v) is 5.00. The first-order chi connectivity index (χ1) is 9.25. The van der Waals surface area contributed by atoms with Crippen LogP contribution in [0, 0.1) is 11.8 Å². The van der Waals surface area contributed by atoms with E-state index in [2.05, 4.69) is 5.32 Å². The first kappa shape index (κ1) is 16.7. The van der Waals surface area contributed by atoms with Crippen LogP contribution in [0.25, 0.3) is 0 Å². The topological polar surface area (TPSA) is 86.6 Å². The number of nitrogens with one attached hydrogen (secondary N) is 1. The average Bonchev–Trinajstić information content (AvgIpc) is 2.37. The third-order valence-corrected chi connectivity index (χ3v) is 3.59. The molecule has 20 heavy (non-hydrogen) atoms. The number of aliphatic hydroxyl groups excluding tert-OH is 1. The third kappa shape index (κ3) is 4.66. The van der Waals surface area contributed by atoms with Gasteiger partial charge in [-0.25, -0.2) is 4.79 Å². The second kappa shape index (κ2) is 6.92. The van der Waals surface area contributed by atoms with Crippen LogP contribution in [0.5, 0.6) is 0 Å². The summed E-state index contributed by atoms with van der Waals surface area (Å²) in [5.74, 6) is -3.78. The lowest BCUT2D eigenvalue weighted by Gasteiger charge is -2.29. The van der Waals surface area contributed by atoms with Crippen LogP contribution in [0.3, 0.4) is 0 Å². The summed E-state index contributed by atoms with van der Waals surface area (Å²) in [6.45, 7) is -0.391. The van der Waals surface area contributed by atoms with E-state index in [4.69, 9.17) is 10.2 Å². The highest BCUT2D eigenvalue weighted by Crippen LogP contribution is 2.39. The molecule has 0 radical (unpaired) electrons. The SMILES string of the molecule is O=C(NC(CCO)C(=O)O)C1CCC(C(F)(F)F)CC1. The standard InChI is InChI=1S/C12H18F3NO4/c13-12(14,15)8-3-1-7(2-4-8)10(18)16-9(5-6-17)11(19)20/h7-9,17H,1-6H2,(H,16,18)(H,19,20). The van der Waals surface area contributed by atoms with E-state index in [9.17, 15) is 22.8 Å². The summed E-state index contributed by atoms with van der Waals surface area (Å²) in [5.41, 5.74) is 0. The van der Waals surface area contributed by atoms with E-state index in [0.717, 1.165) is 0 Å². The smallest absolute Gasteiger partial charge is 0.391 e. The fraction of sp³-hybridized carbons (Fsp3) is 0.833. The molecule has 1 rings (SSSR count). The number of carboxylic acids is 1. The van der Waals surface area contributed by atoms with Gasteiger partial charge in [-0.1, -0.05) is 0 Å². The molecule has 1 aliphatic carbocycles. The van der Waals surface area contributed by atoms with Crippen LogP contribution in [0.15, 0.2) is 0 Å². The van der Waals surface area contributed by atoms with E-state index in [1.54, 1.807) is 0 Å². The quantitative estimate of drug-likeness (QED) is 0.714. The number of aliphatic hydroxyl groups is 1. The Bertz CT molecular complexity index is 351. The Morgan fingerprint density at radius 3 is 2.15 bits per heavy atom. The number of hydrogen-bond donors (Lipinski definition) is 3. The Morgan fingerprint density at radius 1 is 1.20 bits per heavy atom. The predicted octanol–water partition coefficient (Wildman–Crippen LogP) is 1.31. The molecule has 3 N–H and O–H groups in total. The highest BCUT2D eigenvalue weighted by atomic mass is 19.4. The van der Waals surface area contributed by atoms with Gasteiger partial charge in [-0.3, -0.25) is 4.79 Å². The number of carboxylic acid groups (broad SMARTS) is 1. The Hall–Kier alpha value is -1.31. The Balaban J connectivity index is 2.48. The zero-order valence-corrected chi connectivity index (χ0v) is 10.8. The number of alkyl halides is 3. The zero-order chi connectivity index (χ0) is 15.3. The number of carbonyl (C=O) groups is 2. The van der Waals surface area contributed by atoms with Crippen molar-refractivity contribution in [2.45, 2.75) is 44.3 Å². The van der Waals surface area contributed by atoms with Gasteiger partial charge in [0.1, 0.15) is 6.04 Å². The van der Waals surface area contributed by atoms with Crippen LogP contribution in [0.4, 0.5) is 13.2 Å². The van der Waals surface area contributed by atoms with Gasteiger partial charge >= 0.3 is 12.1 Å². The van der Waals surface area contributed by atoms with Crippen molar-refractivity contribution in [1.82, 2.24) is 5.32 Å². The minimum absolute atomic E-state index is 0.0987. The number of hydrogen-bond acceptors (Lipinski definition) is 3. The Labute approximate surface area is 114 Å². The second-order valence-electron chi connectivity index (χ2n) is 5.00. The summed E-state index contributed by atoms with van der Waals surface area (Å²) < 4.78 is 37.4. The van der Waals surface area contributed by atoms with Crippen LogP contribution in [0.1, 0.15) is 32.1 Å². The van der Waals surface area contributed by atoms with Crippen molar-refractivity contribution in [3.63, 3.8) is 0 Å². The molecule has 8 heteroatoms. The van der Waals surface area contributed by atoms with Crippen molar-refractivity contribution in [1.29, 1.82) is 0 Å². The van der Waals surface area contributed by atoms with Crippen LogP contribution in [-0.2, 0) is 9.59 Å². The molecule has 1 amide bonds. The van der Waals surface area contributed by atoms with Crippen molar-refractivity contribution in [2.75, 3.05) is 6.61 Å². The van der Waals surface area contributed by atoms with E-state index in [1.807, 2.05) is 0 Å². The van der Waals surface area contributed by atoms with Crippen molar-refractivity contribution in [3.8, 4) is 0 Å². The highest BCUT2D eigenvalue weighted by molar-refractivity contribution is 5.85. The molecule has 0 aromatic rings. The molecule has 1 aliphatic rings. The summed E-state index contributed by atoms with van der Waals surface area (Å²) in [4.78, 5) is 22.6. The largest absolute Gasteiger partial charge is 0.480 e. The van der Waals surface area contributed by atoms with Gasteiger partial charge in [0.25, 0.3) is 0 Å². The molecule has 0 spiro atoms. The van der Waals surface area contributed by atoms with Gasteiger partial charge in [-0.2, -0.15) is 13.2 Å². The molecule has 1 unspecified atom stereocenters. The third-order valence-electron chi connectivity index (χ3n) is 3.59. The molecule has 1 atom stereocenters. The van der Waals surface area contributed by atoms with Gasteiger partial charge in [0.05, 0.1) is 5.92 Å². The molecule has 0 aromatic carbocycles. The maximum absolute atomic E-state index is 12.5. The summed E-state index contributed by atoms with van der Waals surface area (Å²) in [5, 5.41) is 19.8. The van der Waals surface area contributed by atoms with Crippen LogP contribution >= 0.6 is 0 Å². The van der Waals surface area contributed by atoms with Gasteiger partial charge in [0, 0.05) is 18.9 Å². The van der Waals surface area contributed by atoms with E-state index >= 15 is 0 Å². The van der Waals surface area contributed by atoms with Crippen molar-refractivity contribution >= 4 is 11.9 Å². The molecular weight excluding hydrogens is 279 g/mol. The lowest BCUT2D eigenvalue weighted by molar-refractivity contribution is -0.184. The molecule has 0 heterocycles. The van der Waals surface area contributed by atoms with Gasteiger partial charge in [0.2, 0.25) is 5.91 Å². The van der Waals surface area contributed by atoms with Gasteiger partial charge in [0.15, 0.2) is 0 Å². The number of halogens is 3. The van der Waals surface area contributed by atoms with E-state index in [-0.39, 0.29) is 32.1 Å². The molecule has 1 fully saturated rings. The molecule has 0 aromatic heterocycles. The summed E-state index contributed by atoms with van der Waals surface area (Å²) in [6.07, 6.45) is -4.39. The van der Waals surface area contributed by atoms with Gasteiger partial charge < -0.3 is 15.5 Å². The van der Waals surface area contributed by atoms with Crippen LogP contribution in [-0.4, -0.2) is 40.9 Å². The van der Waals surface area contributed by atoms with Gasteiger partial charge in [-0.05, 0) is 25.7 Å².